The number of hydrogen-bond acceptors (Lipinski definition) is 3. The second-order valence-electron chi connectivity index (χ2n) is 5.69. The molecule has 3 N–H and O–H groups in total. The lowest BCUT2D eigenvalue weighted by Crippen LogP contribution is -2.45. The summed E-state index contributed by atoms with van der Waals surface area (Å²) in [5.74, 6) is 0.797. The summed E-state index contributed by atoms with van der Waals surface area (Å²) in [7, 11) is 0. The van der Waals surface area contributed by atoms with Crippen LogP contribution in [0.2, 0.25) is 0 Å². The predicted octanol–water partition coefficient (Wildman–Crippen LogP) is 0.961. The average molecular weight is 212 g/mol. The van der Waals surface area contributed by atoms with Gasteiger partial charge in [-0.3, -0.25) is 4.90 Å². The molecule has 2 fully saturated rings. The van der Waals surface area contributed by atoms with Gasteiger partial charge in [0.15, 0.2) is 0 Å². The van der Waals surface area contributed by atoms with Gasteiger partial charge in [-0.2, -0.15) is 0 Å². The third kappa shape index (κ3) is 2.92. The van der Waals surface area contributed by atoms with Crippen molar-refractivity contribution in [1.82, 2.24) is 4.90 Å². The van der Waals surface area contributed by atoms with Crippen LogP contribution >= 0.6 is 0 Å². The van der Waals surface area contributed by atoms with Gasteiger partial charge in [-0.25, -0.2) is 0 Å². The molecule has 1 heterocycles. The summed E-state index contributed by atoms with van der Waals surface area (Å²) < 4.78 is 0. The van der Waals surface area contributed by atoms with Crippen molar-refractivity contribution < 1.29 is 5.11 Å². The minimum Gasteiger partial charge on any atom is -0.389 e. The van der Waals surface area contributed by atoms with Crippen molar-refractivity contribution >= 4 is 0 Å². The molecule has 0 amide bonds. The van der Waals surface area contributed by atoms with Crippen LogP contribution in [0.15, 0.2) is 0 Å². The maximum Gasteiger partial charge on any atom is 0.0774 e. The second kappa shape index (κ2) is 4.40. The molecule has 0 aromatic heterocycles. The van der Waals surface area contributed by atoms with Gasteiger partial charge in [0.25, 0.3) is 0 Å². The molecule has 88 valence electrons. The molecule has 0 radical (unpaired) electrons. The fraction of sp³-hybridized carbons (Fsp3) is 1.00. The first kappa shape index (κ1) is 11.4. The normalized spacial score (nSPS) is 43.4. The highest BCUT2D eigenvalue weighted by molar-refractivity contribution is 4.90. The van der Waals surface area contributed by atoms with E-state index in [1.165, 1.54) is 12.8 Å². The van der Waals surface area contributed by atoms with Crippen molar-refractivity contribution in [1.29, 1.82) is 0 Å². The Morgan fingerprint density at radius 2 is 2.00 bits per heavy atom. The zero-order valence-electron chi connectivity index (χ0n) is 9.78. The summed E-state index contributed by atoms with van der Waals surface area (Å²) in [6.45, 7) is 5.16. The molecular formula is C12H24N2O. The van der Waals surface area contributed by atoms with Gasteiger partial charge >= 0.3 is 0 Å². The molecule has 1 aliphatic carbocycles. The minimum absolute atomic E-state index is 0.330. The third-order valence-corrected chi connectivity index (χ3v) is 4.03. The molecule has 0 bridgehead atoms. The molecule has 2 rings (SSSR count). The van der Waals surface area contributed by atoms with E-state index in [-0.39, 0.29) is 0 Å². The van der Waals surface area contributed by atoms with Crippen LogP contribution in [0.3, 0.4) is 0 Å². The highest BCUT2D eigenvalue weighted by atomic mass is 16.3. The maximum atomic E-state index is 10.5. The SMILES string of the molecule is CC1CCC(O)(CN2CC[C@@H](N)C2)CC1. The molecule has 0 spiro atoms. The molecule has 2 aliphatic rings. The molecule has 15 heavy (non-hydrogen) atoms. The van der Waals surface area contributed by atoms with E-state index in [1.807, 2.05) is 0 Å². The standard InChI is InChI=1S/C12H24N2O/c1-10-2-5-12(15,6-3-10)9-14-7-4-11(13)8-14/h10-11,15H,2-9,13H2,1H3/t10?,11-,12?/m1/s1. The smallest absolute Gasteiger partial charge is 0.0774 e. The second-order valence-corrected chi connectivity index (χ2v) is 5.69. The van der Waals surface area contributed by atoms with Crippen molar-refractivity contribution in [2.45, 2.75) is 50.7 Å². The van der Waals surface area contributed by atoms with Gasteiger partial charge < -0.3 is 10.8 Å². The third-order valence-electron chi connectivity index (χ3n) is 4.03. The Morgan fingerprint density at radius 3 is 2.53 bits per heavy atom. The number of nitrogens with zero attached hydrogens (tertiary/aromatic N) is 1. The van der Waals surface area contributed by atoms with E-state index >= 15 is 0 Å². The topological polar surface area (TPSA) is 49.5 Å². The quantitative estimate of drug-likeness (QED) is 0.717. The van der Waals surface area contributed by atoms with Crippen LogP contribution in [0.4, 0.5) is 0 Å². The first-order valence-corrected chi connectivity index (χ1v) is 6.28. The Kier molecular flexibility index (Phi) is 3.33. The first-order chi connectivity index (χ1) is 7.07. The highest BCUT2D eigenvalue weighted by Crippen LogP contribution is 2.32. The molecular weight excluding hydrogens is 188 g/mol. The van der Waals surface area contributed by atoms with Crippen LogP contribution < -0.4 is 5.73 Å². The van der Waals surface area contributed by atoms with Crippen LogP contribution in [0.25, 0.3) is 0 Å². The molecule has 3 nitrogen and oxygen atoms in total. The van der Waals surface area contributed by atoms with Crippen molar-refractivity contribution in [2.24, 2.45) is 11.7 Å². The number of nitrogens with two attached hydrogens (primary N) is 1. The Morgan fingerprint density at radius 1 is 1.33 bits per heavy atom. The van der Waals surface area contributed by atoms with Gasteiger partial charge in [0.1, 0.15) is 0 Å². The van der Waals surface area contributed by atoms with E-state index in [2.05, 4.69) is 11.8 Å². The van der Waals surface area contributed by atoms with E-state index < -0.39 is 5.60 Å². The van der Waals surface area contributed by atoms with Crippen molar-refractivity contribution in [3.8, 4) is 0 Å². The van der Waals surface area contributed by atoms with Crippen molar-refractivity contribution in [2.75, 3.05) is 19.6 Å². The van der Waals surface area contributed by atoms with Crippen LogP contribution in [0.1, 0.15) is 39.0 Å². The summed E-state index contributed by atoms with van der Waals surface area (Å²) in [6, 6.07) is 0.330. The lowest BCUT2D eigenvalue weighted by Gasteiger charge is -2.37. The summed E-state index contributed by atoms with van der Waals surface area (Å²) in [5, 5.41) is 10.5. The number of hydrogen-bond donors (Lipinski definition) is 2. The molecule has 0 unspecified atom stereocenters. The minimum atomic E-state index is -0.420. The van der Waals surface area contributed by atoms with Crippen LogP contribution in [0, 0.1) is 5.92 Å². The fourth-order valence-corrected chi connectivity index (χ4v) is 2.88. The fourth-order valence-electron chi connectivity index (χ4n) is 2.88. The summed E-state index contributed by atoms with van der Waals surface area (Å²) in [6.07, 6.45) is 5.39. The van der Waals surface area contributed by atoms with Crippen LogP contribution in [0.5, 0.6) is 0 Å². The summed E-state index contributed by atoms with van der Waals surface area (Å²) >= 11 is 0. The predicted molar refractivity (Wildman–Crippen MR) is 61.6 cm³/mol. The monoisotopic (exact) mass is 212 g/mol. The zero-order valence-corrected chi connectivity index (χ0v) is 9.78. The number of β-amino-alcohol motifs (C(OH)–C–C–N with tert-alkyl or cyclic N) is 1. The molecule has 3 heteroatoms. The van der Waals surface area contributed by atoms with Gasteiger partial charge in [-0.15, -0.1) is 0 Å². The number of rotatable bonds is 2. The molecule has 1 saturated carbocycles. The summed E-state index contributed by atoms with van der Waals surface area (Å²) in [4.78, 5) is 2.33. The highest BCUT2D eigenvalue weighted by Gasteiger charge is 2.35. The summed E-state index contributed by atoms with van der Waals surface area (Å²) in [5.41, 5.74) is 5.45. The number of likely N-dealkylation sites (tertiary alicyclic amines) is 1. The molecule has 0 aromatic rings. The Bertz CT molecular complexity index is 212. The van der Waals surface area contributed by atoms with Crippen molar-refractivity contribution in [3.05, 3.63) is 0 Å². The Hall–Kier alpha value is -0.120. The van der Waals surface area contributed by atoms with E-state index in [9.17, 15) is 5.11 Å². The van der Waals surface area contributed by atoms with Gasteiger partial charge in [-0.05, 0) is 44.6 Å². The molecule has 1 aliphatic heterocycles. The lowest BCUT2D eigenvalue weighted by molar-refractivity contribution is -0.0308. The Labute approximate surface area is 92.6 Å². The largest absolute Gasteiger partial charge is 0.389 e. The first-order valence-electron chi connectivity index (χ1n) is 6.28. The Balaban J connectivity index is 1.82. The van der Waals surface area contributed by atoms with Gasteiger partial charge in [0.05, 0.1) is 5.60 Å². The molecule has 1 saturated heterocycles. The average Bonchev–Trinajstić information content (AvgIpc) is 2.57. The van der Waals surface area contributed by atoms with E-state index in [0.717, 1.165) is 44.8 Å². The lowest BCUT2D eigenvalue weighted by atomic mass is 9.79. The van der Waals surface area contributed by atoms with Crippen LogP contribution in [-0.4, -0.2) is 41.3 Å². The van der Waals surface area contributed by atoms with Gasteiger partial charge in [0, 0.05) is 19.1 Å². The number of aliphatic hydroxyl groups is 1. The van der Waals surface area contributed by atoms with E-state index in [1.54, 1.807) is 0 Å². The van der Waals surface area contributed by atoms with E-state index in [0.29, 0.717) is 6.04 Å². The van der Waals surface area contributed by atoms with Gasteiger partial charge in [-0.1, -0.05) is 6.92 Å². The zero-order chi connectivity index (χ0) is 10.9. The van der Waals surface area contributed by atoms with Gasteiger partial charge in [0.2, 0.25) is 0 Å². The molecule has 0 aromatic carbocycles. The van der Waals surface area contributed by atoms with E-state index in [4.69, 9.17) is 5.73 Å². The van der Waals surface area contributed by atoms with Crippen LogP contribution in [-0.2, 0) is 0 Å². The molecule has 1 atom stereocenters. The van der Waals surface area contributed by atoms with Crippen molar-refractivity contribution in [3.63, 3.8) is 0 Å². The maximum absolute atomic E-state index is 10.5.